The molecule has 144 valence electrons. The average Bonchev–Trinajstić information content (AvgIpc) is 3.11. The molecule has 1 heterocycles. The van der Waals surface area contributed by atoms with Crippen LogP contribution < -0.4 is 9.47 Å². The Morgan fingerprint density at radius 2 is 1.70 bits per heavy atom. The third-order valence-corrected chi connectivity index (χ3v) is 6.54. The molecular formula is C20H22F2N2O3. The van der Waals surface area contributed by atoms with Gasteiger partial charge in [-0.25, -0.2) is 0 Å². The molecule has 4 fully saturated rings. The van der Waals surface area contributed by atoms with Crippen molar-refractivity contribution < 1.29 is 22.7 Å². The van der Waals surface area contributed by atoms with Gasteiger partial charge in [0.05, 0.1) is 7.11 Å². The van der Waals surface area contributed by atoms with E-state index in [1.54, 1.807) is 12.1 Å². The van der Waals surface area contributed by atoms with Gasteiger partial charge in [0.2, 0.25) is 11.8 Å². The van der Waals surface area contributed by atoms with Crippen LogP contribution in [-0.4, -0.2) is 23.9 Å². The highest BCUT2D eigenvalue weighted by atomic mass is 19.3. The molecular weight excluding hydrogens is 354 g/mol. The van der Waals surface area contributed by atoms with Crippen molar-refractivity contribution in [1.29, 1.82) is 0 Å². The molecule has 1 aromatic heterocycles. The van der Waals surface area contributed by atoms with Crippen molar-refractivity contribution >= 4 is 0 Å². The zero-order valence-corrected chi connectivity index (χ0v) is 15.2. The van der Waals surface area contributed by atoms with Crippen molar-refractivity contribution in [2.45, 2.75) is 50.6 Å². The molecule has 0 aliphatic heterocycles. The Hall–Kier alpha value is -2.18. The second kappa shape index (κ2) is 6.17. The van der Waals surface area contributed by atoms with Gasteiger partial charge in [-0.1, -0.05) is 0 Å². The van der Waals surface area contributed by atoms with Crippen LogP contribution in [0.15, 0.2) is 22.6 Å². The number of hydrogen-bond donors (Lipinski definition) is 0. The van der Waals surface area contributed by atoms with Crippen LogP contribution in [0, 0.1) is 17.8 Å². The van der Waals surface area contributed by atoms with E-state index in [0.29, 0.717) is 11.5 Å². The van der Waals surface area contributed by atoms with Gasteiger partial charge >= 0.3 is 6.61 Å². The van der Waals surface area contributed by atoms with E-state index in [-0.39, 0.29) is 16.9 Å². The standard InChI is InChI=1S/C20H22F2N2O3/c1-25-16-7-14(2-3-15(16)26-19(21)22)17-23-24-18(27-17)20-8-11-4-12(9-20)6-13(5-11)10-20/h2-3,7,11-13,19H,4-6,8-10H2,1H3. The highest BCUT2D eigenvalue weighted by Gasteiger charge is 2.54. The van der Waals surface area contributed by atoms with Gasteiger partial charge in [0, 0.05) is 11.0 Å². The fourth-order valence-electron chi connectivity index (χ4n) is 5.92. The first-order chi connectivity index (χ1) is 13.0. The number of rotatable bonds is 5. The van der Waals surface area contributed by atoms with Crippen molar-refractivity contribution in [1.82, 2.24) is 10.2 Å². The molecule has 0 radical (unpaired) electrons. The minimum Gasteiger partial charge on any atom is -0.493 e. The molecule has 5 nitrogen and oxygen atoms in total. The average molecular weight is 376 g/mol. The van der Waals surface area contributed by atoms with Crippen LogP contribution in [0.5, 0.6) is 11.5 Å². The normalized spacial score (nSPS) is 31.5. The van der Waals surface area contributed by atoms with Crippen LogP contribution in [-0.2, 0) is 5.41 Å². The van der Waals surface area contributed by atoms with Crippen LogP contribution in [0.2, 0.25) is 0 Å². The molecule has 4 saturated carbocycles. The maximum atomic E-state index is 12.5. The number of alkyl halides is 2. The first-order valence-electron chi connectivity index (χ1n) is 9.52. The van der Waals surface area contributed by atoms with Gasteiger partial charge in [-0.3, -0.25) is 0 Å². The van der Waals surface area contributed by atoms with Crippen molar-refractivity contribution in [3.05, 3.63) is 24.1 Å². The van der Waals surface area contributed by atoms with Gasteiger partial charge in [-0.15, -0.1) is 10.2 Å². The summed E-state index contributed by atoms with van der Waals surface area (Å²) in [6.45, 7) is -2.91. The molecule has 6 rings (SSSR count). The van der Waals surface area contributed by atoms with Gasteiger partial charge < -0.3 is 13.9 Å². The summed E-state index contributed by atoms with van der Waals surface area (Å²) >= 11 is 0. The fourth-order valence-corrected chi connectivity index (χ4v) is 5.92. The summed E-state index contributed by atoms with van der Waals surface area (Å²) in [6, 6.07) is 4.67. The molecule has 4 aliphatic rings. The highest BCUT2D eigenvalue weighted by Crippen LogP contribution is 2.60. The number of methoxy groups -OCH3 is 1. The van der Waals surface area contributed by atoms with E-state index in [2.05, 4.69) is 14.9 Å². The maximum Gasteiger partial charge on any atom is 0.387 e. The molecule has 0 amide bonds. The number of ether oxygens (including phenoxy) is 2. The summed E-state index contributed by atoms with van der Waals surface area (Å²) in [5.74, 6) is 3.69. The number of halogens is 2. The molecule has 7 heteroatoms. The van der Waals surface area contributed by atoms with Crippen LogP contribution in [0.1, 0.15) is 44.4 Å². The smallest absolute Gasteiger partial charge is 0.387 e. The first-order valence-corrected chi connectivity index (χ1v) is 9.52. The summed E-state index contributed by atoms with van der Waals surface area (Å²) in [5.41, 5.74) is 0.667. The Balaban J connectivity index is 1.44. The predicted octanol–water partition coefficient (Wildman–Crippen LogP) is 4.81. The number of hydrogen-bond acceptors (Lipinski definition) is 5. The van der Waals surface area contributed by atoms with Crippen molar-refractivity contribution in [2.24, 2.45) is 17.8 Å². The second-order valence-corrected chi connectivity index (χ2v) is 8.35. The number of aromatic nitrogens is 2. The van der Waals surface area contributed by atoms with E-state index in [4.69, 9.17) is 9.15 Å². The molecule has 0 spiro atoms. The Bertz CT molecular complexity index is 816. The Morgan fingerprint density at radius 3 is 2.30 bits per heavy atom. The number of benzene rings is 1. The highest BCUT2D eigenvalue weighted by molar-refractivity contribution is 5.59. The molecule has 0 saturated heterocycles. The van der Waals surface area contributed by atoms with E-state index >= 15 is 0 Å². The number of nitrogens with zero attached hydrogens (tertiary/aromatic N) is 2. The summed E-state index contributed by atoms with van der Waals surface area (Å²) < 4.78 is 40.8. The molecule has 2 aromatic rings. The van der Waals surface area contributed by atoms with E-state index in [1.807, 2.05) is 0 Å². The summed E-state index contributed by atoms with van der Waals surface area (Å²) in [7, 11) is 1.41. The molecule has 0 N–H and O–H groups in total. The Kier molecular flexibility index (Phi) is 3.88. The summed E-state index contributed by atoms with van der Waals surface area (Å²) in [6.07, 6.45) is 7.48. The SMILES string of the molecule is COc1cc(-c2nnc(C34CC5CC(CC(C5)C3)C4)o2)ccc1OC(F)F. The van der Waals surface area contributed by atoms with Crippen molar-refractivity contribution in [2.75, 3.05) is 7.11 Å². The Labute approximate surface area is 156 Å². The lowest BCUT2D eigenvalue weighted by Crippen LogP contribution is -2.48. The second-order valence-electron chi connectivity index (χ2n) is 8.35. The molecule has 4 aliphatic carbocycles. The molecule has 27 heavy (non-hydrogen) atoms. The lowest BCUT2D eigenvalue weighted by molar-refractivity contribution is -0.0512. The minimum absolute atomic E-state index is 0.0166. The van der Waals surface area contributed by atoms with E-state index < -0.39 is 6.61 Å². The fraction of sp³-hybridized carbons (Fsp3) is 0.600. The quantitative estimate of drug-likeness (QED) is 0.749. The van der Waals surface area contributed by atoms with Crippen LogP contribution in [0.3, 0.4) is 0 Å². The van der Waals surface area contributed by atoms with Crippen LogP contribution in [0.4, 0.5) is 8.78 Å². The van der Waals surface area contributed by atoms with Crippen LogP contribution in [0.25, 0.3) is 11.5 Å². The Morgan fingerprint density at radius 1 is 1.04 bits per heavy atom. The van der Waals surface area contributed by atoms with Gasteiger partial charge in [0.15, 0.2) is 11.5 Å². The third kappa shape index (κ3) is 2.87. The lowest BCUT2D eigenvalue weighted by Gasteiger charge is -2.55. The third-order valence-electron chi connectivity index (χ3n) is 6.54. The van der Waals surface area contributed by atoms with Gasteiger partial charge in [0.1, 0.15) is 0 Å². The first kappa shape index (κ1) is 17.0. The van der Waals surface area contributed by atoms with Gasteiger partial charge in [-0.05, 0) is 74.5 Å². The topological polar surface area (TPSA) is 57.4 Å². The van der Waals surface area contributed by atoms with E-state index in [9.17, 15) is 8.78 Å². The summed E-state index contributed by atoms with van der Waals surface area (Å²) in [4.78, 5) is 0. The monoisotopic (exact) mass is 376 g/mol. The van der Waals surface area contributed by atoms with Gasteiger partial charge in [0.25, 0.3) is 0 Å². The molecule has 1 aromatic carbocycles. The van der Waals surface area contributed by atoms with Gasteiger partial charge in [-0.2, -0.15) is 8.78 Å². The van der Waals surface area contributed by atoms with E-state index in [1.165, 1.54) is 32.4 Å². The zero-order valence-electron chi connectivity index (χ0n) is 15.2. The summed E-state index contributed by atoms with van der Waals surface area (Å²) in [5, 5.41) is 8.65. The van der Waals surface area contributed by atoms with Crippen LogP contribution >= 0.6 is 0 Å². The largest absolute Gasteiger partial charge is 0.493 e. The predicted molar refractivity (Wildman–Crippen MR) is 92.8 cm³/mol. The molecule has 4 bridgehead atoms. The van der Waals surface area contributed by atoms with Crippen molar-refractivity contribution in [3.8, 4) is 23.0 Å². The maximum absolute atomic E-state index is 12.5. The minimum atomic E-state index is -2.91. The van der Waals surface area contributed by atoms with Crippen molar-refractivity contribution in [3.63, 3.8) is 0 Å². The molecule has 0 atom stereocenters. The zero-order chi connectivity index (χ0) is 18.6. The lowest BCUT2D eigenvalue weighted by atomic mass is 9.49. The molecule has 0 unspecified atom stereocenters. The van der Waals surface area contributed by atoms with E-state index in [0.717, 1.165) is 42.9 Å².